The smallest absolute Gasteiger partial charge is 0.0847 e. The summed E-state index contributed by atoms with van der Waals surface area (Å²) in [5.41, 5.74) is 1.25. The molecule has 28 heavy (non-hydrogen) atoms. The van der Waals surface area contributed by atoms with Gasteiger partial charge in [0, 0.05) is 0 Å². The summed E-state index contributed by atoms with van der Waals surface area (Å²) in [5.74, 6) is 6.84. The summed E-state index contributed by atoms with van der Waals surface area (Å²) in [7, 11) is 0. The molecule has 1 aliphatic heterocycles. The van der Waals surface area contributed by atoms with Crippen LogP contribution in [0.4, 0.5) is 0 Å². The van der Waals surface area contributed by atoms with Crippen molar-refractivity contribution < 1.29 is 4.74 Å². The largest absolute Gasteiger partial charge is 0.370 e. The van der Waals surface area contributed by atoms with E-state index in [4.69, 9.17) is 4.74 Å². The standard InChI is InChI=1S/C27H46O/c1-17(2)7-6-8-18(3)21-11-12-22-20-10-9-19-15-24-25(28-24)16-27(19,5)23(20)13-14-26(21,22)4/h17-25H,6-16H2,1-5H3/t18-,19+,20-,21-,22+,23-,24+,25-,26-,27+/m1/s1. The number of epoxide rings is 1. The topological polar surface area (TPSA) is 12.5 Å². The van der Waals surface area contributed by atoms with Crippen molar-refractivity contribution in [1.82, 2.24) is 0 Å². The van der Waals surface area contributed by atoms with Crippen LogP contribution in [0.1, 0.15) is 105 Å². The van der Waals surface area contributed by atoms with Gasteiger partial charge >= 0.3 is 0 Å². The van der Waals surface area contributed by atoms with Crippen LogP contribution in [-0.4, -0.2) is 12.2 Å². The van der Waals surface area contributed by atoms with Crippen LogP contribution in [-0.2, 0) is 4.74 Å². The van der Waals surface area contributed by atoms with E-state index < -0.39 is 0 Å². The van der Waals surface area contributed by atoms with Crippen LogP contribution in [0.25, 0.3) is 0 Å². The molecule has 0 amide bonds. The van der Waals surface area contributed by atoms with E-state index in [2.05, 4.69) is 34.6 Å². The van der Waals surface area contributed by atoms with Gasteiger partial charge in [0.1, 0.15) is 0 Å². The molecule has 0 N–H and O–H groups in total. The molecule has 0 aromatic carbocycles. The minimum atomic E-state index is 0.600. The molecule has 1 nitrogen and oxygen atoms in total. The Morgan fingerprint density at radius 1 is 0.857 bits per heavy atom. The molecule has 10 atom stereocenters. The van der Waals surface area contributed by atoms with E-state index in [1.165, 1.54) is 64.2 Å². The lowest BCUT2D eigenvalue weighted by molar-refractivity contribution is -0.110. The second-order valence-electron chi connectivity index (χ2n) is 12.8. The van der Waals surface area contributed by atoms with E-state index >= 15 is 0 Å². The van der Waals surface area contributed by atoms with Crippen LogP contribution in [0.5, 0.6) is 0 Å². The maximum absolute atomic E-state index is 6.02. The second-order valence-corrected chi connectivity index (χ2v) is 12.8. The van der Waals surface area contributed by atoms with Crippen LogP contribution in [0.3, 0.4) is 0 Å². The van der Waals surface area contributed by atoms with Crippen molar-refractivity contribution in [3.8, 4) is 0 Å². The van der Waals surface area contributed by atoms with Crippen LogP contribution in [0.2, 0.25) is 0 Å². The molecular weight excluding hydrogens is 340 g/mol. The van der Waals surface area contributed by atoms with E-state index in [1.807, 2.05) is 0 Å². The maximum atomic E-state index is 6.02. The number of hydrogen-bond acceptors (Lipinski definition) is 1. The van der Waals surface area contributed by atoms with Crippen molar-refractivity contribution in [2.45, 2.75) is 117 Å². The fourth-order valence-electron chi connectivity index (χ4n) is 9.54. The van der Waals surface area contributed by atoms with Crippen molar-refractivity contribution in [2.75, 3.05) is 0 Å². The third-order valence-corrected chi connectivity index (χ3v) is 11.1. The molecule has 4 saturated carbocycles. The predicted molar refractivity (Wildman–Crippen MR) is 117 cm³/mol. The molecule has 1 heterocycles. The minimum absolute atomic E-state index is 0.600. The van der Waals surface area contributed by atoms with Gasteiger partial charge < -0.3 is 4.74 Å². The average Bonchev–Trinajstić information content (AvgIpc) is 3.27. The molecule has 5 rings (SSSR count). The highest BCUT2D eigenvalue weighted by Crippen LogP contribution is 2.69. The van der Waals surface area contributed by atoms with Crippen molar-refractivity contribution in [1.29, 1.82) is 0 Å². The van der Waals surface area contributed by atoms with E-state index in [9.17, 15) is 0 Å². The lowest BCUT2D eigenvalue weighted by Crippen LogP contribution is -2.54. The molecular formula is C27H46O. The highest BCUT2D eigenvalue weighted by atomic mass is 16.6. The van der Waals surface area contributed by atoms with Gasteiger partial charge in [0.15, 0.2) is 0 Å². The van der Waals surface area contributed by atoms with E-state index in [1.54, 1.807) is 6.42 Å². The highest BCUT2D eigenvalue weighted by molar-refractivity contribution is 5.12. The Morgan fingerprint density at radius 2 is 1.64 bits per heavy atom. The van der Waals surface area contributed by atoms with E-state index in [0.29, 0.717) is 23.0 Å². The lowest BCUT2D eigenvalue weighted by atomic mass is 9.44. The minimum Gasteiger partial charge on any atom is -0.370 e. The molecule has 0 bridgehead atoms. The van der Waals surface area contributed by atoms with E-state index in [0.717, 1.165) is 41.4 Å². The van der Waals surface area contributed by atoms with Crippen molar-refractivity contribution >= 4 is 0 Å². The van der Waals surface area contributed by atoms with Gasteiger partial charge in [0.25, 0.3) is 0 Å². The van der Waals surface area contributed by atoms with Crippen LogP contribution >= 0.6 is 0 Å². The number of fused-ring (bicyclic) bond motifs is 6. The lowest BCUT2D eigenvalue weighted by Gasteiger charge is -2.60. The fraction of sp³-hybridized carbons (Fsp3) is 1.00. The summed E-state index contributed by atoms with van der Waals surface area (Å²) >= 11 is 0. The summed E-state index contributed by atoms with van der Waals surface area (Å²) in [4.78, 5) is 0. The fourth-order valence-corrected chi connectivity index (χ4v) is 9.54. The molecule has 0 unspecified atom stereocenters. The third kappa shape index (κ3) is 3.04. The molecule has 4 aliphatic carbocycles. The maximum Gasteiger partial charge on any atom is 0.0847 e. The summed E-state index contributed by atoms with van der Waals surface area (Å²) in [5, 5.41) is 0. The summed E-state index contributed by atoms with van der Waals surface area (Å²) in [6.45, 7) is 12.8. The van der Waals surface area contributed by atoms with Gasteiger partial charge in [-0.25, -0.2) is 0 Å². The van der Waals surface area contributed by atoms with Crippen molar-refractivity contribution in [3.63, 3.8) is 0 Å². The van der Waals surface area contributed by atoms with Gasteiger partial charge in [-0.2, -0.15) is 0 Å². The van der Waals surface area contributed by atoms with E-state index in [-0.39, 0.29) is 0 Å². The first-order valence-electron chi connectivity index (χ1n) is 13.0. The van der Waals surface area contributed by atoms with Gasteiger partial charge in [-0.05, 0) is 104 Å². The average molecular weight is 387 g/mol. The van der Waals surface area contributed by atoms with Gasteiger partial charge in [0.2, 0.25) is 0 Å². The monoisotopic (exact) mass is 386 g/mol. The molecule has 5 fully saturated rings. The number of rotatable bonds is 5. The molecule has 0 aromatic heterocycles. The van der Waals surface area contributed by atoms with Crippen LogP contribution in [0.15, 0.2) is 0 Å². The highest BCUT2D eigenvalue weighted by Gasteiger charge is 2.63. The Bertz CT molecular complexity index is 583. The number of hydrogen-bond donors (Lipinski definition) is 0. The molecule has 0 spiro atoms. The molecule has 5 aliphatic rings. The summed E-state index contributed by atoms with van der Waals surface area (Å²) < 4.78 is 6.02. The summed E-state index contributed by atoms with van der Waals surface area (Å²) in [6, 6.07) is 0. The Labute approximate surface area is 174 Å². The molecule has 0 radical (unpaired) electrons. The zero-order valence-corrected chi connectivity index (χ0v) is 19.4. The Morgan fingerprint density at radius 3 is 2.43 bits per heavy atom. The van der Waals surface area contributed by atoms with Gasteiger partial charge in [-0.3, -0.25) is 0 Å². The first-order chi connectivity index (χ1) is 13.3. The Hall–Kier alpha value is -0.0400. The normalized spacial score (nSPS) is 53.1. The quantitative estimate of drug-likeness (QED) is 0.446. The van der Waals surface area contributed by atoms with Crippen molar-refractivity contribution in [3.05, 3.63) is 0 Å². The third-order valence-electron chi connectivity index (χ3n) is 11.1. The summed E-state index contributed by atoms with van der Waals surface area (Å²) in [6.07, 6.45) is 17.6. The molecule has 0 aromatic rings. The molecule has 1 saturated heterocycles. The Balaban J connectivity index is 1.30. The number of ether oxygens (including phenoxy) is 1. The zero-order valence-electron chi connectivity index (χ0n) is 19.4. The van der Waals surface area contributed by atoms with Crippen molar-refractivity contribution in [2.24, 2.45) is 52.3 Å². The molecule has 1 heteroatoms. The van der Waals surface area contributed by atoms with Gasteiger partial charge in [-0.15, -0.1) is 0 Å². The van der Waals surface area contributed by atoms with Crippen LogP contribution in [0, 0.1) is 52.3 Å². The van der Waals surface area contributed by atoms with Crippen LogP contribution < -0.4 is 0 Å². The van der Waals surface area contributed by atoms with Gasteiger partial charge in [-0.1, -0.05) is 53.9 Å². The SMILES string of the molecule is CC(C)CCC[C@@H](C)[C@H]1CC[C@H]2[C@H]3CC[C@H]4C[C@@H]5O[C@@H]5C[C@]4(C)[C@@H]3CC[C@]12C. The second kappa shape index (κ2) is 7.00. The zero-order chi connectivity index (χ0) is 19.7. The van der Waals surface area contributed by atoms with Gasteiger partial charge in [0.05, 0.1) is 12.2 Å². The molecule has 160 valence electrons. The first-order valence-corrected chi connectivity index (χ1v) is 13.0. The Kier molecular flexibility index (Phi) is 4.97. The first kappa shape index (κ1) is 19.9. The predicted octanol–water partition coefficient (Wildman–Crippen LogP) is 7.49.